The highest BCUT2D eigenvalue weighted by Crippen LogP contribution is 2.32. The largest absolute Gasteiger partial charge is 0.337 e. The third-order valence-corrected chi connectivity index (χ3v) is 5.09. The van der Waals surface area contributed by atoms with E-state index in [-0.39, 0.29) is 5.91 Å². The van der Waals surface area contributed by atoms with Gasteiger partial charge in [-0.3, -0.25) is 14.7 Å². The molecule has 2 aliphatic rings. The number of benzene rings is 1. The molecule has 126 valence electrons. The second-order valence-electron chi connectivity index (χ2n) is 6.83. The topological polar surface area (TPSA) is 73.1 Å². The van der Waals surface area contributed by atoms with E-state index in [4.69, 9.17) is 5.26 Å². The van der Waals surface area contributed by atoms with Gasteiger partial charge in [0.2, 0.25) is 0 Å². The molecule has 0 bridgehead atoms. The number of nitrogens with zero attached hydrogens (tertiary/aromatic N) is 5. The lowest BCUT2D eigenvalue weighted by Crippen LogP contribution is -2.33. The zero-order chi connectivity index (χ0) is 17.2. The predicted molar refractivity (Wildman–Crippen MR) is 91.3 cm³/mol. The first kappa shape index (κ1) is 15.7. The van der Waals surface area contributed by atoms with Crippen molar-refractivity contribution >= 4 is 5.91 Å². The van der Waals surface area contributed by atoms with Crippen LogP contribution in [-0.2, 0) is 6.54 Å². The van der Waals surface area contributed by atoms with Gasteiger partial charge in [-0.25, -0.2) is 4.98 Å². The van der Waals surface area contributed by atoms with Gasteiger partial charge in [0.1, 0.15) is 5.69 Å². The molecule has 2 aromatic rings. The summed E-state index contributed by atoms with van der Waals surface area (Å²) < 4.78 is 0. The van der Waals surface area contributed by atoms with Gasteiger partial charge in [0.15, 0.2) is 0 Å². The Balaban J connectivity index is 1.36. The van der Waals surface area contributed by atoms with Crippen molar-refractivity contribution < 1.29 is 4.79 Å². The quantitative estimate of drug-likeness (QED) is 0.852. The molecule has 1 aromatic heterocycles. The summed E-state index contributed by atoms with van der Waals surface area (Å²) in [5.74, 6) is 1.01. The van der Waals surface area contributed by atoms with Crippen molar-refractivity contribution in [2.45, 2.75) is 6.54 Å². The fourth-order valence-corrected chi connectivity index (χ4v) is 3.95. The van der Waals surface area contributed by atoms with Crippen LogP contribution < -0.4 is 0 Å². The molecule has 4 rings (SSSR count). The van der Waals surface area contributed by atoms with Crippen LogP contribution >= 0.6 is 0 Å². The number of nitriles is 1. The monoisotopic (exact) mass is 333 g/mol. The molecule has 25 heavy (non-hydrogen) atoms. The lowest BCUT2D eigenvalue weighted by Gasteiger charge is -2.21. The Morgan fingerprint density at radius 2 is 2.00 bits per heavy atom. The summed E-state index contributed by atoms with van der Waals surface area (Å²) >= 11 is 0. The third-order valence-electron chi connectivity index (χ3n) is 5.09. The number of carbonyl (C=O) groups excluding carboxylic acids is 1. The second-order valence-corrected chi connectivity index (χ2v) is 6.83. The van der Waals surface area contributed by atoms with Crippen LogP contribution in [0.1, 0.15) is 21.6 Å². The minimum Gasteiger partial charge on any atom is -0.337 e. The smallest absolute Gasteiger partial charge is 0.274 e. The Morgan fingerprint density at radius 3 is 2.68 bits per heavy atom. The number of hydrogen-bond acceptors (Lipinski definition) is 5. The van der Waals surface area contributed by atoms with Crippen LogP contribution in [0.4, 0.5) is 0 Å². The normalized spacial score (nSPS) is 22.6. The van der Waals surface area contributed by atoms with Crippen LogP contribution in [0, 0.1) is 23.2 Å². The Kier molecular flexibility index (Phi) is 4.16. The molecule has 0 unspecified atom stereocenters. The summed E-state index contributed by atoms with van der Waals surface area (Å²) in [6.45, 7) is 4.42. The number of aromatic nitrogens is 2. The molecule has 6 heteroatoms. The van der Waals surface area contributed by atoms with E-state index >= 15 is 0 Å². The molecule has 2 aliphatic heterocycles. The average Bonchev–Trinajstić information content (AvgIpc) is 3.20. The maximum absolute atomic E-state index is 12.5. The number of hydrogen-bond donors (Lipinski definition) is 0. The zero-order valence-corrected chi connectivity index (χ0v) is 13.9. The van der Waals surface area contributed by atoms with Crippen molar-refractivity contribution in [1.29, 1.82) is 5.26 Å². The average molecular weight is 333 g/mol. The maximum Gasteiger partial charge on any atom is 0.274 e. The van der Waals surface area contributed by atoms with Gasteiger partial charge in [0.05, 0.1) is 17.8 Å². The van der Waals surface area contributed by atoms with Crippen LogP contribution in [0.25, 0.3) is 0 Å². The minimum absolute atomic E-state index is 0.0178. The van der Waals surface area contributed by atoms with Crippen LogP contribution in [0.3, 0.4) is 0 Å². The van der Waals surface area contributed by atoms with Gasteiger partial charge in [0.25, 0.3) is 5.91 Å². The van der Waals surface area contributed by atoms with E-state index in [1.807, 2.05) is 23.1 Å². The summed E-state index contributed by atoms with van der Waals surface area (Å²) in [6, 6.07) is 9.99. The molecular formula is C19H19N5O. The summed E-state index contributed by atoms with van der Waals surface area (Å²) in [6.07, 6.45) is 4.67. The van der Waals surface area contributed by atoms with E-state index in [9.17, 15) is 4.79 Å². The van der Waals surface area contributed by atoms with Crippen LogP contribution in [0.15, 0.2) is 42.9 Å². The summed E-state index contributed by atoms with van der Waals surface area (Å²) in [4.78, 5) is 24.9. The van der Waals surface area contributed by atoms with Gasteiger partial charge in [-0.2, -0.15) is 5.26 Å². The van der Waals surface area contributed by atoms with Gasteiger partial charge in [-0.15, -0.1) is 0 Å². The molecule has 0 aliphatic carbocycles. The number of rotatable bonds is 3. The van der Waals surface area contributed by atoms with E-state index in [0.717, 1.165) is 32.7 Å². The first-order valence-corrected chi connectivity index (χ1v) is 8.49. The number of likely N-dealkylation sites (tertiary alicyclic amines) is 2. The van der Waals surface area contributed by atoms with Crippen LogP contribution in [-0.4, -0.2) is 51.9 Å². The standard InChI is InChI=1S/C19H19N5O/c20-7-14-2-1-3-15(6-14)9-23-10-16-12-24(13-17(16)11-23)19(25)18-8-21-4-5-22-18/h1-6,8,16-17H,9-13H2/t16-,17+. The van der Waals surface area contributed by atoms with E-state index < -0.39 is 0 Å². The lowest BCUT2D eigenvalue weighted by atomic mass is 10.0. The zero-order valence-electron chi connectivity index (χ0n) is 13.9. The molecule has 1 amide bonds. The van der Waals surface area contributed by atoms with Crippen molar-refractivity contribution in [3.63, 3.8) is 0 Å². The first-order valence-electron chi connectivity index (χ1n) is 8.49. The molecule has 2 atom stereocenters. The van der Waals surface area contributed by atoms with Crippen molar-refractivity contribution in [2.24, 2.45) is 11.8 Å². The Bertz CT molecular complexity index is 802. The number of carbonyl (C=O) groups is 1. The fourth-order valence-electron chi connectivity index (χ4n) is 3.95. The van der Waals surface area contributed by atoms with E-state index in [0.29, 0.717) is 23.1 Å². The van der Waals surface area contributed by atoms with Gasteiger partial charge in [-0.05, 0) is 29.5 Å². The van der Waals surface area contributed by atoms with Gasteiger partial charge in [0, 0.05) is 45.1 Å². The van der Waals surface area contributed by atoms with E-state index in [1.54, 1.807) is 12.4 Å². The van der Waals surface area contributed by atoms with Crippen LogP contribution in [0.2, 0.25) is 0 Å². The molecule has 0 radical (unpaired) electrons. The Morgan fingerprint density at radius 1 is 1.20 bits per heavy atom. The first-order chi connectivity index (χ1) is 12.2. The SMILES string of the molecule is N#Cc1cccc(CN2C[C@@H]3CN(C(=O)c4cnccn4)C[C@@H]3C2)c1. The molecule has 0 saturated carbocycles. The summed E-state index contributed by atoms with van der Waals surface area (Å²) in [7, 11) is 0. The van der Waals surface area contributed by atoms with Gasteiger partial charge >= 0.3 is 0 Å². The minimum atomic E-state index is -0.0178. The number of amides is 1. The Labute approximate surface area is 146 Å². The maximum atomic E-state index is 12.5. The predicted octanol–water partition coefficient (Wildman–Crippen LogP) is 1.55. The Hall–Kier alpha value is -2.78. The molecule has 0 N–H and O–H groups in total. The van der Waals surface area contributed by atoms with Crippen molar-refractivity contribution in [3.05, 3.63) is 59.7 Å². The highest BCUT2D eigenvalue weighted by molar-refractivity contribution is 5.92. The molecule has 2 saturated heterocycles. The van der Waals surface area contributed by atoms with Crippen molar-refractivity contribution in [1.82, 2.24) is 19.8 Å². The number of fused-ring (bicyclic) bond motifs is 1. The molecule has 3 heterocycles. The fraction of sp³-hybridized carbons (Fsp3) is 0.368. The molecule has 2 fully saturated rings. The molecule has 6 nitrogen and oxygen atoms in total. The van der Waals surface area contributed by atoms with Crippen LogP contribution in [0.5, 0.6) is 0 Å². The summed E-state index contributed by atoms with van der Waals surface area (Å²) in [5.41, 5.74) is 2.30. The highest BCUT2D eigenvalue weighted by atomic mass is 16.2. The van der Waals surface area contributed by atoms with Crippen molar-refractivity contribution in [3.8, 4) is 6.07 Å². The second kappa shape index (κ2) is 6.61. The van der Waals surface area contributed by atoms with E-state index in [1.165, 1.54) is 11.8 Å². The molecule has 0 spiro atoms. The third kappa shape index (κ3) is 3.24. The van der Waals surface area contributed by atoms with Crippen molar-refractivity contribution in [2.75, 3.05) is 26.2 Å². The van der Waals surface area contributed by atoms with E-state index in [2.05, 4.69) is 27.0 Å². The molecule has 1 aromatic carbocycles. The van der Waals surface area contributed by atoms with Gasteiger partial charge < -0.3 is 4.90 Å². The lowest BCUT2D eigenvalue weighted by molar-refractivity contribution is 0.0767. The van der Waals surface area contributed by atoms with Gasteiger partial charge in [-0.1, -0.05) is 12.1 Å². The molecular weight excluding hydrogens is 314 g/mol. The summed E-state index contributed by atoms with van der Waals surface area (Å²) in [5, 5.41) is 9.02. The highest BCUT2D eigenvalue weighted by Gasteiger charge is 2.41.